The zero-order valence-electron chi connectivity index (χ0n) is 14.6. The number of aromatic nitrogens is 3. The van der Waals surface area contributed by atoms with Crippen molar-refractivity contribution in [2.75, 3.05) is 5.32 Å². The van der Waals surface area contributed by atoms with Crippen molar-refractivity contribution >= 4 is 11.9 Å². The second kappa shape index (κ2) is 5.41. The van der Waals surface area contributed by atoms with Gasteiger partial charge in [0.1, 0.15) is 0 Å². The lowest BCUT2D eigenvalue weighted by Gasteiger charge is -2.55. The Kier molecular flexibility index (Phi) is 3.27. The molecule has 4 saturated carbocycles. The van der Waals surface area contributed by atoms with E-state index in [9.17, 15) is 4.79 Å². The molecule has 6 rings (SSSR count). The van der Waals surface area contributed by atoms with E-state index in [1.807, 2.05) is 24.3 Å². The van der Waals surface area contributed by atoms with Gasteiger partial charge in [0.2, 0.25) is 11.9 Å². The maximum absolute atomic E-state index is 13.1. The molecule has 5 nitrogen and oxygen atoms in total. The van der Waals surface area contributed by atoms with E-state index in [1.165, 1.54) is 24.8 Å². The minimum absolute atomic E-state index is 0.140. The van der Waals surface area contributed by atoms with Crippen LogP contribution in [0.4, 0.5) is 5.95 Å². The monoisotopic (exact) mass is 336 g/mol. The van der Waals surface area contributed by atoms with Crippen LogP contribution in [0.25, 0.3) is 11.4 Å². The highest BCUT2D eigenvalue weighted by atomic mass is 16.2. The van der Waals surface area contributed by atoms with Crippen LogP contribution in [0.15, 0.2) is 24.3 Å². The fourth-order valence-corrected chi connectivity index (χ4v) is 5.78. The fourth-order valence-electron chi connectivity index (χ4n) is 5.78. The van der Waals surface area contributed by atoms with E-state index in [0.717, 1.165) is 42.6 Å². The molecule has 0 saturated heterocycles. The van der Waals surface area contributed by atoms with Crippen molar-refractivity contribution < 1.29 is 4.79 Å². The standard InChI is InChI=1S/C20H24N4O/c1-12-2-4-16(5-3-12)17-21-19(24-23-17)22-18(25)20-9-13-6-14(10-20)8-15(7-13)11-20/h2-5,13-15H,6-11H2,1H3,(H2,21,22,23,24,25). The molecule has 1 amide bonds. The summed E-state index contributed by atoms with van der Waals surface area (Å²) in [7, 11) is 0. The van der Waals surface area contributed by atoms with Gasteiger partial charge in [-0.05, 0) is 63.2 Å². The Morgan fingerprint density at radius 1 is 1.08 bits per heavy atom. The zero-order valence-corrected chi connectivity index (χ0v) is 14.6. The van der Waals surface area contributed by atoms with Gasteiger partial charge >= 0.3 is 0 Å². The molecule has 2 aromatic rings. The highest BCUT2D eigenvalue weighted by molar-refractivity contribution is 5.94. The maximum atomic E-state index is 13.1. The van der Waals surface area contributed by atoms with Gasteiger partial charge in [-0.1, -0.05) is 29.8 Å². The molecule has 1 aromatic heterocycles. The van der Waals surface area contributed by atoms with Gasteiger partial charge in [-0.25, -0.2) is 0 Å². The van der Waals surface area contributed by atoms with E-state index < -0.39 is 0 Å². The summed E-state index contributed by atoms with van der Waals surface area (Å²) < 4.78 is 0. The summed E-state index contributed by atoms with van der Waals surface area (Å²) in [6, 6.07) is 8.12. The van der Waals surface area contributed by atoms with E-state index in [1.54, 1.807) is 0 Å². The first-order valence-electron chi connectivity index (χ1n) is 9.40. The number of amides is 1. The number of anilines is 1. The lowest BCUT2D eigenvalue weighted by Crippen LogP contribution is -2.51. The van der Waals surface area contributed by atoms with Gasteiger partial charge in [-0.2, -0.15) is 4.98 Å². The number of benzene rings is 1. The minimum atomic E-state index is -0.167. The molecule has 2 N–H and O–H groups in total. The Morgan fingerprint density at radius 3 is 2.28 bits per heavy atom. The third kappa shape index (κ3) is 2.57. The van der Waals surface area contributed by atoms with Crippen LogP contribution in [0.1, 0.15) is 44.1 Å². The van der Waals surface area contributed by atoms with Gasteiger partial charge in [0, 0.05) is 5.56 Å². The number of nitrogens with zero attached hydrogens (tertiary/aromatic N) is 2. The van der Waals surface area contributed by atoms with Gasteiger partial charge in [-0.3, -0.25) is 15.2 Å². The van der Waals surface area contributed by atoms with Crippen LogP contribution >= 0.6 is 0 Å². The van der Waals surface area contributed by atoms with E-state index in [0.29, 0.717) is 11.8 Å². The summed E-state index contributed by atoms with van der Waals surface area (Å²) in [5.74, 6) is 3.50. The second-order valence-corrected chi connectivity index (χ2v) is 8.53. The van der Waals surface area contributed by atoms with Crippen molar-refractivity contribution in [3.8, 4) is 11.4 Å². The summed E-state index contributed by atoms with van der Waals surface area (Å²) >= 11 is 0. The van der Waals surface area contributed by atoms with E-state index >= 15 is 0 Å². The molecule has 0 unspecified atom stereocenters. The predicted molar refractivity (Wildman–Crippen MR) is 95.8 cm³/mol. The van der Waals surface area contributed by atoms with Crippen molar-refractivity contribution in [3.63, 3.8) is 0 Å². The molecule has 0 spiro atoms. The Labute approximate surface area is 147 Å². The molecule has 4 bridgehead atoms. The quantitative estimate of drug-likeness (QED) is 0.892. The molecular weight excluding hydrogens is 312 g/mol. The van der Waals surface area contributed by atoms with Gasteiger partial charge in [0.05, 0.1) is 5.41 Å². The van der Waals surface area contributed by atoms with Crippen molar-refractivity contribution in [1.29, 1.82) is 0 Å². The summed E-state index contributed by atoms with van der Waals surface area (Å²) in [4.78, 5) is 17.5. The largest absolute Gasteiger partial charge is 0.293 e. The highest BCUT2D eigenvalue weighted by Gasteiger charge is 2.54. The number of H-pyrrole nitrogens is 1. The van der Waals surface area contributed by atoms with Crippen molar-refractivity contribution in [2.45, 2.75) is 45.4 Å². The van der Waals surface area contributed by atoms with Crippen LogP contribution < -0.4 is 5.32 Å². The summed E-state index contributed by atoms with van der Waals surface area (Å²) in [6.07, 6.45) is 7.18. The molecule has 25 heavy (non-hydrogen) atoms. The molecule has 4 aliphatic carbocycles. The number of aryl methyl sites for hydroxylation is 1. The fraction of sp³-hybridized carbons (Fsp3) is 0.550. The number of hydrogen-bond acceptors (Lipinski definition) is 3. The lowest BCUT2D eigenvalue weighted by atomic mass is 9.49. The van der Waals surface area contributed by atoms with Crippen LogP contribution in [0.5, 0.6) is 0 Å². The summed E-state index contributed by atoms with van der Waals surface area (Å²) in [5.41, 5.74) is 2.02. The summed E-state index contributed by atoms with van der Waals surface area (Å²) in [5, 5.41) is 10.2. The van der Waals surface area contributed by atoms with Gasteiger partial charge in [0.15, 0.2) is 5.82 Å². The third-order valence-corrected chi connectivity index (χ3v) is 6.56. The highest BCUT2D eigenvalue weighted by Crippen LogP contribution is 2.60. The van der Waals surface area contributed by atoms with Crippen LogP contribution in [0.3, 0.4) is 0 Å². The molecule has 130 valence electrons. The van der Waals surface area contributed by atoms with Gasteiger partial charge in [-0.15, -0.1) is 5.10 Å². The molecule has 5 heteroatoms. The zero-order chi connectivity index (χ0) is 17.0. The van der Waals surface area contributed by atoms with Crippen molar-refractivity contribution in [3.05, 3.63) is 29.8 Å². The summed E-state index contributed by atoms with van der Waals surface area (Å²) in [6.45, 7) is 2.06. The molecule has 1 aromatic carbocycles. The van der Waals surface area contributed by atoms with Crippen molar-refractivity contribution in [1.82, 2.24) is 15.2 Å². The Hall–Kier alpha value is -2.17. The first kappa shape index (κ1) is 15.1. The smallest absolute Gasteiger partial charge is 0.249 e. The Morgan fingerprint density at radius 2 is 1.68 bits per heavy atom. The SMILES string of the molecule is Cc1ccc(-c2nc(NC(=O)C34CC5CC(CC(C5)C3)C4)n[nH]2)cc1. The van der Waals surface area contributed by atoms with Crippen LogP contribution in [0.2, 0.25) is 0 Å². The predicted octanol–water partition coefficient (Wildman–Crippen LogP) is 3.94. The van der Waals surface area contributed by atoms with E-state index in [-0.39, 0.29) is 11.3 Å². The minimum Gasteiger partial charge on any atom is -0.293 e. The number of carbonyl (C=O) groups is 1. The number of carbonyl (C=O) groups excluding carboxylic acids is 1. The van der Waals surface area contributed by atoms with Crippen LogP contribution in [-0.4, -0.2) is 21.1 Å². The Bertz CT molecular complexity index is 772. The van der Waals surface area contributed by atoms with Gasteiger partial charge < -0.3 is 0 Å². The molecule has 0 aliphatic heterocycles. The molecule has 4 fully saturated rings. The van der Waals surface area contributed by atoms with E-state index in [2.05, 4.69) is 27.4 Å². The number of hydrogen-bond donors (Lipinski definition) is 2. The maximum Gasteiger partial charge on any atom is 0.249 e. The topological polar surface area (TPSA) is 70.7 Å². The normalized spacial score (nSPS) is 32.8. The van der Waals surface area contributed by atoms with Crippen LogP contribution in [0, 0.1) is 30.1 Å². The first-order chi connectivity index (χ1) is 12.1. The number of rotatable bonds is 3. The first-order valence-corrected chi connectivity index (χ1v) is 9.40. The van der Waals surface area contributed by atoms with Crippen LogP contribution in [-0.2, 0) is 4.79 Å². The number of aromatic amines is 1. The van der Waals surface area contributed by atoms with Crippen molar-refractivity contribution in [2.24, 2.45) is 23.2 Å². The average molecular weight is 336 g/mol. The van der Waals surface area contributed by atoms with E-state index in [4.69, 9.17) is 0 Å². The molecule has 0 atom stereocenters. The lowest BCUT2D eigenvalue weighted by molar-refractivity contribution is -0.140. The molecule has 0 radical (unpaired) electrons. The third-order valence-electron chi connectivity index (χ3n) is 6.56. The molecule has 1 heterocycles. The molecule has 4 aliphatic rings. The second-order valence-electron chi connectivity index (χ2n) is 8.53. The Balaban J connectivity index is 1.34. The molecular formula is C20H24N4O. The number of nitrogens with one attached hydrogen (secondary N) is 2. The average Bonchev–Trinajstić information content (AvgIpc) is 3.03. The van der Waals surface area contributed by atoms with Gasteiger partial charge in [0.25, 0.3) is 0 Å².